The number of aromatic nitrogens is 2. The van der Waals surface area contributed by atoms with Crippen molar-refractivity contribution in [3.63, 3.8) is 0 Å². The van der Waals surface area contributed by atoms with Gasteiger partial charge in [0.2, 0.25) is 0 Å². The average molecular weight is 245 g/mol. The molecular formula is C13H15N3S. The summed E-state index contributed by atoms with van der Waals surface area (Å²) in [6.45, 7) is 5.96. The molecule has 4 heteroatoms. The van der Waals surface area contributed by atoms with Crippen LogP contribution in [0.15, 0.2) is 34.3 Å². The van der Waals surface area contributed by atoms with Crippen LogP contribution in [0.5, 0.6) is 0 Å². The zero-order valence-corrected chi connectivity index (χ0v) is 11.0. The first-order valence-corrected chi connectivity index (χ1v) is 6.22. The Morgan fingerprint density at radius 1 is 1.00 bits per heavy atom. The number of hydrogen-bond acceptors (Lipinski definition) is 4. The fraction of sp³-hybridized carbons (Fsp3) is 0.231. The molecule has 0 aliphatic carbocycles. The molecule has 3 nitrogen and oxygen atoms in total. The Morgan fingerprint density at radius 2 is 1.65 bits per heavy atom. The van der Waals surface area contributed by atoms with Gasteiger partial charge in [0.25, 0.3) is 0 Å². The van der Waals surface area contributed by atoms with Crippen LogP contribution in [0.1, 0.15) is 17.0 Å². The van der Waals surface area contributed by atoms with Crippen LogP contribution in [0.25, 0.3) is 0 Å². The molecule has 0 spiro atoms. The van der Waals surface area contributed by atoms with Gasteiger partial charge in [-0.25, -0.2) is 9.97 Å². The molecule has 2 N–H and O–H groups in total. The first-order valence-electron chi connectivity index (χ1n) is 5.41. The Hall–Kier alpha value is -1.55. The first-order chi connectivity index (χ1) is 8.04. The molecule has 0 amide bonds. The van der Waals surface area contributed by atoms with Crippen molar-refractivity contribution in [3.8, 4) is 0 Å². The Labute approximate surface area is 105 Å². The van der Waals surface area contributed by atoms with Gasteiger partial charge in [0.15, 0.2) is 5.16 Å². The van der Waals surface area contributed by atoms with Gasteiger partial charge in [0.05, 0.1) is 0 Å². The third-order valence-electron chi connectivity index (χ3n) is 2.41. The number of anilines is 1. The topological polar surface area (TPSA) is 51.8 Å². The SMILES string of the molecule is Cc1cc(C)nc(Sc2ccc(N)c(C)c2)n1. The van der Waals surface area contributed by atoms with Crippen LogP contribution in [0.2, 0.25) is 0 Å². The Bertz CT molecular complexity index is 532. The molecule has 88 valence electrons. The van der Waals surface area contributed by atoms with E-state index < -0.39 is 0 Å². The lowest BCUT2D eigenvalue weighted by Gasteiger charge is -2.05. The summed E-state index contributed by atoms with van der Waals surface area (Å²) in [5, 5.41) is 0.784. The van der Waals surface area contributed by atoms with E-state index in [2.05, 4.69) is 16.0 Å². The number of nitrogen functional groups attached to an aromatic ring is 1. The van der Waals surface area contributed by atoms with E-state index in [9.17, 15) is 0 Å². The van der Waals surface area contributed by atoms with Crippen LogP contribution in [-0.4, -0.2) is 9.97 Å². The van der Waals surface area contributed by atoms with Crippen molar-refractivity contribution in [2.24, 2.45) is 0 Å². The van der Waals surface area contributed by atoms with E-state index in [0.29, 0.717) is 0 Å². The van der Waals surface area contributed by atoms with E-state index in [1.165, 1.54) is 0 Å². The minimum Gasteiger partial charge on any atom is -0.399 e. The highest BCUT2D eigenvalue weighted by atomic mass is 32.2. The summed E-state index contributed by atoms with van der Waals surface area (Å²) in [5.41, 5.74) is 9.67. The number of nitrogens with two attached hydrogens (primary N) is 1. The summed E-state index contributed by atoms with van der Waals surface area (Å²) < 4.78 is 0. The largest absolute Gasteiger partial charge is 0.399 e. The van der Waals surface area contributed by atoms with E-state index in [1.807, 2.05) is 39.0 Å². The molecule has 0 bridgehead atoms. The highest BCUT2D eigenvalue weighted by molar-refractivity contribution is 7.99. The summed E-state index contributed by atoms with van der Waals surface area (Å²) in [7, 11) is 0. The number of hydrogen-bond donors (Lipinski definition) is 1. The first kappa shape index (κ1) is 11.9. The second kappa shape index (κ2) is 4.75. The lowest BCUT2D eigenvalue weighted by molar-refractivity contribution is 0.902. The van der Waals surface area contributed by atoms with E-state index in [1.54, 1.807) is 11.8 Å². The Kier molecular flexibility index (Phi) is 3.33. The van der Waals surface area contributed by atoms with E-state index in [0.717, 1.165) is 32.7 Å². The maximum Gasteiger partial charge on any atom is 0.192 e. The average Bonchev–Trinajstić information content (AvgIpc) is 2.22. The molecule has 0 aliphatic rings. The normalized spacial score (nSPS) is 10.5. The predicted octanol–water partition coefficient (Wildman–Crippen LogP) is 3.14. The van der Waals surface area contributed by atoms with Gasteiger partial charge in [-0.2, -0.15) is 0 Å². The molecule has 17 heavy (non-hydrogen) atoms. The highest BCUT2D eigenvalue weighted by Crippen LogP contribution is 2.27. The lowest BCUT2D eigenvalue weighted by Crippen LogP contribution is -1.93. The molecule has 1 aromatic carbocycles. The van der Waals surface area contributed by atoms with Gasteiger partial charge in [0.1, 0.15) is 0 Å². The van der Waals surface area contributed by atoms with Gasteiger partial charge in [-0.1, -0.05) is 0 Å². The zero-order chi connectivity index (χ0) is 12.4. The predicted molar refractivity (Wildman–Crippen MR) is 71.2 cm³/mol. The number of nitrogens with zero attached hydrogens (tertiary/aromatic N) is 2. The summed E-state index contributed by atoms with van der Waals surface area (Å²) >= 11 is 1.56. The molecular weight excluding hydrogens is 230 g/mol. The number of rotatable bonds is 2. The van der Waals surface area contributed by atoms with E-state index in [-0.39, 0.29) is 0 Å². The molecule has 1 aromatic heterocycles. The zero-order valence-electron chi connectivity index (χ0n) is 10.2. The standard InChI is InChI=1S/C13H15N3S/c1-8-6-11(4-5-12(8)14)17-13-15-9(2)7-10(3)16-13/h4-7H,14H2,1-3H3. The van der Waals surface area contributed by atoms with Crippen molar-refractivity contribution < 1.29 is 0 Å². The fourth-order valence-corrected chi connectivity index (χ4v) is 2.52. The van der Waals surface area contributed by atoms with Crippen LogP contribution in [0.3, 0.4) is 0 Å². The van der Waals surface area contributed by atoms with Crippen LogP contribution >= 0.6 is 11.8 Å². The van der Waals surface area contributed by atoms with Gasteiger partial charge in [0, 0.05) is 22.0 Å². The molecule has 0 aliphatic heterocycles. The lowest BCUT2D eigenvalue weighted by atomic mass is 10.2. The molecule has 0 radical (unpaired) electrons. The Morgan fingerprint density at radius 3 is 2.24 bits per heavy atom. The molecule has 0 saturated carbocycles. The quantitative estimate of drug-likeness (QED) is 0.652. The second-order valence-electron chi connectivity index (χ2n) is 4.05. The maximum atomic E-state index is 5.79. The van der Waals surface area contributed by atoms with Gasteiger partial charge >= 0.3 is 0 Å². The van der Waals surface area contributed by atoms with Crippen molar-refractivity contribution in [1.82, 2.24) is 9.97 Å². The highest BCUT2D eigenvalue weighted by Gasteiger charge is 2.03. The second-order valence-corrected chi connectivity index (χ2v) is 5.09. The fourth-order valence-electron chi connectivity index (χ4n) is 1.56. The van der Waals surface area contributed by atoms with Crippen LogP contribution in [-0.2, 0) is 0 Å². The minimum absolute atomic E-state index is 0.784. The van der Waals surface area contributed by atoms with Gasteiger partial charge < -0.3 is 5.73 Å². The molecule has 0 saturated heterocycles. The van der Waals surface area contributed by atoms with Crippen molar-refractivity contribution >= 4 is 17.4 Å². The van der Waals surface area contributed by atoms with Crippen LogP contribution < -0.4 is 5.73 Å². The number of aryl methyl sites for hydroxylation is 3. The maximum absolute atomic E-state index is 5.79. The Balaban J connectivity index is 2.28. The van der Waals surface area contributed by atoms with Gasteiger partial charge in [-0.05, 0) is 62.4 Å². The summed E-state index contributed by atoms with van der Waals surface area (Å²) in [6.07, 6.45) is 0. The summed E-state index contributed by atoms with van der Waals surface area (Å²) in [4.78, 5) is 9.92. The van der Waals surface area contributed by atoms with E-state index >= 15 is 0 Å². The molecule has 0 atom stereocenters. The summed E-state index contributed by atoms with van der Waals surface area (Å²) in [6, 6.07) is 7.94. The smallest absolute Gasteiger partial charge is 0.192 e. The molecule has 1 heterocycles. The van der Waals surface area contributed by atoms with Crippen molar-refractivity contribution in [1.29, 1.82) is 0 Å². The molecule has 2 aromatic rings. The van der Waals surface area contributed by atoms with Crippen molar-refractivity contribution in [3.05, 3.63) is 41.2 Å². The van der Waals surface area contributed by atoms with Crippen molar-refractivity contribution in [2.45, 2.75) is 30.8 Å². The van der Waals surface area contributed by atoms with E-state index in [4.69, 9.17) is 5.73 Å². The van der Waals surface area contributed by atoms with Crippen LogP contribution in [0, 0.1) is 20.8 Å². The number of benzene rings is 1. The molecule has 2 rings (SSSR count). The minimum atomic E-state index is 0.784. The van der Waals surface area contributed by atoms with Crippen molar-refractivity contribution in [2.75, 3.05) is 5.73 Å². The monoisotopic (exact) mass is 245 g/mol. The molecule has 0 unspecified atom stereocenters. The molecule has 0 fully saturated rings. The third kappa shape index (κ3) is 2.97. The third-order valence-corrected chi connectivity index (χ3v) is 3.27. The van der Waals surface area contributed by atoms with Gasteiger partial charge in [-0.15, -0.1) is 0 Å². The summed E-state index contributed by atoms with van der Waals surface area (Å²) in [5.74, 6) is 0. The van der Waals surface area contributed by atoms with Gasteiger partial charge in [-0.3, -0.25) is 0 Å². The van der Waals surface area contributed by atoms with Crippen LogP contribution in [0.4, 0.5) is 5.69 Å².